The molecule has 1 N–H and O–H groups in total. The topological polar surface area (TPSA) is 88.6 Å². The van der Waals surface area contributed by atoms with Crippen LogP contribution in [0.25, 0.3) is 0 Å². The Morgan fingerprint density at radius 1 is 1.25 bits per heavy atom. The molecule has 1 saturated heterocycles. The lowest BCUT2D eigenvalue weighted by Gasteiger charge is -2.33. The average molecular weight is 329 g/mol. The summed E-state index contributed by atoms with van der Waals surface area (Å²) in [5, 5.41) is 13.7. The lowest BCUT2D eigenvalue weighted by Crippen LogP contribution is -2.44. The Hall–Kier alpha value is -2.83. The Morgan fingerprint density at radius 2 is 1.92 bits per heavy atom. The number of aryl methyl sites for hydroxylation is 1. The van der Waals surface area contributed by atoms with Crippen LogP contribution >= 0.6 is 0 Å². The Labute approximate surface area is 139 Å². The molecule has 1 aliphatic rings. The van der Waals surface area contributed by atoms with Crippen molar-refractivity contribution >= 4 is 17.3 Å². The molecule has 0 atom stereocenters. The number of furan rings is 1. The van der Waals surface area contributed by atoms with Gasteiger partial charge in [-0.2, -0.15) is 0 Å². The summed E-state index contributed by atoms with van der Waals surface area (Å²) in [6.07, 6.45) is 3.18. The Bertz CT molecular complexity index is 731. The first-order chi connectivity index (χ1) is 11.5. The molecule has 126 valence electrons. The molecule has 24 heavy (non-hydrogen) atoms. The Morgan fingerprint density at radius 3 is 2.46 bits per heavy atom. The number of nitro groups is 1. The molecule has 0 unspecified atom stereocenters. The molecule has 1 aliphatic heterocycles. The minimum absolute atomic E-state index is 0.0939. The van der Waals surface area contributed by atoms with E-state index in [1.54, 1.807) is 25.1 Å². The van der Waals surface area contributed by atoms with Crippen molar-refractivity contribution in [3.05, 3.63) is 58.0 Å². The molecular formula is C17H19N3O4. The van der Waals surface area contributed by atoms with E-state index in [9.17, 15) is 14.9 Å². The van der Waals surface area contributed by atoms with Gasteiger partial charge in [0.2, 0.25) is 0 Å². The maximum absolute atomic E-state index is 12.2. The third-order valence-corrected chi connectivity index (χ3v) is 4.36. The molecule has 2 aromatic rings. The molecule has 0 radical (unpaired) electrons. The number of hydrogen-bond acceptors (Lipinski definition) is 5. The second-order valence-corrected chi connectivity index (χ2v) is 5.90. The van der Waals surface area contributed by atoms with Gasteiger partial charge in [0.25, 0.3) is 11.6 Å². The van der Waals surface area contributed by atoms with Crippen molar-refractivity contribution in [2.75, 3.05) is 18.0 Å². The molecule has 0 spiro atoms. The van der Waals surface area contributed by atoms with E-state index < -0.39 is 4.92 Å². The van der Waals surface area contributed by atoms with Gasteiger partial charge in [0.1, 0.15) is 5.76 Å². The van der Waals surface area contributed by atoms with E-state index >= 15 is 0 Å². The van der Waals surface area contributed by atoms with Crippen LogP contribution in [0.2, 0.25) is 0 Å². The van der Waals surface area contributed by atoms with Crippen LogP contribution in [0.1, 0.15) is 29.0 Å². The summed E-state index contributed by atoms with van der Waals surface area (Å²) >= 11 is 0. The zero-order valence-corrected chi connectivity index (χ0v) is 13.4. The maximum atomic E-state index is 12.2. The van der Waals surface area contributed by atoms with E-state index in [1.807, 2.05) is 0 Å². The van der Waals surface area contributed by atoms with Gasteiger partial charge in [-0.3, -0.25) is 14.9 Å². The molecule has 1 fully saturated rings. The second-order valence-electron chi connectivity index (χ2n) is 5.90. The molecule has 0 bridgehead atoms. The standard InChI is InChI=1S/C17H19N3O4/c1-12-16(8-11-24-12)17(21)18-13-6-9-19(10-7-13)14-2-4-15(5-3-14)20(22)23/h2-5,8,11,13H,6-7,9-10H2,1H3,(H,18,21). The van der Waals surface area contributed by atoms with Crippen LogP contribution in [0.4, 0.5) is 11.4 Å². The molecule has 1 aromatic heterocycles. The molecule has 0 aliphatic carbocycles. The number of piperidine rings is 1. The van der Waals surface area contributed by atoms with E-state index in [1.165, 1.54) is 18.4 Å². The Kier molecular flexibility index (Phi) is 4.50. The summed E-state index contributed by atoms with van der Waals surface area (Å²) < 4.78 is 5.16. The van der Waals surface area contributed by atoms with Crippen molar-refractivity contribution in [2.45, 2.75) is 25.8 Å². The molecule has 2 heterocycles. The molecule has 7 nitrogen and oxygen atoms in total. The maximum Gasteiger partial charge on any atom is 0.269 e. The molecular weight excluding hydrogens is 310 g/mol. The highest BCUT2D eigenvalue weighted by atomic mass is 16.6. The minimum atomic E-state index is -0.399. The van der Waals surface area contributed by atoms with Crippen molar-refractivity contribution in [3.63, 3.8) is 0 Å². The van der Waals surface area contributed by atoms with Crippen LogP contribution in [-0.4, -0.2) is 30.0 Å². The van der Waals surface area contributed by atoms with Gasteiger partial charge in [-0.1, -0.05) is 0 Å². The van der Waals surface area contributed by atoms with Crippen molar-refractivity contribution in [1.29, 1.82) is 0 Å². The number of carbonyl (C=O) groups excluding carboxylic acids is 1. The second kappa shape index (κ2) is 6.74. The molecule has 7 heteroatoms. The van der Waals surface area contributed by atoms with Crippen LogP contribution < -0.4 is 10.2 Å². The zero-order valence-electron chi connectivity index (χ0n) is 13.4. The van der Waals surface area contributed by atoms with E-state index in [4.69, 9.17) is 4.42 Å². The summed E-state index contributed by atoms with van der Waals surface area (Å²) in [5.74, 6) is 0.519. The fourth-order valence-corrected chi connectivity index (χ4v) is 2.95. The molecule has 3 rings (SSSR count). The predicted molar refractivity (Wildman–Crippen MR) is 89.2 cm³/mol. The van der Waals surface area contributed by atoms with Crippen molar-refractivity contribution < 1.29 is 14.1 Å². The van der Waals surface area contributed by atoms with Gasteiger partial charge < -0.3 is 14.6 Å². The SMILES string of the molecule is Cc1occc1C(=O)NC1CCN(c2ccc([N+](=O)[O-])cc2)CC1. The summed E-state index contributed by atoms with van der Waals surface area (Å²) in [4.78, 5) is 24.7. The monoisotopic (exact) mass is 329 g/mol. The normalized spacial score (nSPS) is 15.3. The highest BCUT2D eigenvalue weighted by Crippen LogP contribution is 2.23. The first kappa shape index (κ1) is 16.0. The van der Waals surface area contributed by atoms with E-state index in [0.717, 1.165) is 31.6 Å². The van der Waals surface area contributed by atoms with Gasteiger partial charge in [-0.05, 0) is 38.0 Å². The van der Waals surface area contributed by atoms with E-state index in [-0.39, 0.29) is 17.6 Å². The number of anilines is 1. The quantitative estimate of drug-likeness (QED) is 0.688. The summed E-state index contributed by atoms with van der Waals surface area (Å²) in [6, 6.07) is 8.38. The van der Waals surface area contributed by atoms with Gasteiger partial charge in [0.15, 0.2) is 0 Å². The highest BCUT2D eigenvalue weighted by Gasteiger charge is 2.22. The number of nitrogens with one attached hydrogen (secondary N) is 1. The van der Waals surface area contributed by atoms with Gasteiger partial charge in [-0.15, -0.1) is 0 Å². The lowest BCUT2D eigenvalue weighted by molar-refractivity contribution is -0.384. The smallest absolute Gasteiger partial charge is 0.269 e. The zero-order chi connectivity index (χ0) is 17.1. The largest absolute Gasteiger partial charge is 0.469 e. The summed E-state index contributed by atoms with van der Waals surface area (Å²) in [5.41, 5.74) is 1.64. The average Bonchev–Trinajstić information content (AvgIpc) is 3.02. The number of nitro benzene ring substituents is 1. The fourth-order valence-electron chi connectivity index (χ4n) is 2.95. The molecule has 1 aromatic carbocycles. The first-order valence-corrected chi connectivity index (χ1v) is 7.89. The molecule has 0 saturated carbocycles. The summed E-state index contributed by atoms with van der Waals surface area (Å²) in [6.45, 7) is 3.37. The number of nitrogens with zero attached hydrogens (tertiary/aromatic N) is 2. The van der Waals surface area contributed by atoms with Gasteiger partial charge >= 0.3 is 0 Å². The third kappa shape index (κ3) is 3.40. The number of rotatable bonds is 4. The highest BCUT2D eigenvalue weighted by molar-refractivity contribution is 5.95. The van der Waals surface area contributed by atoms with Crippen LogP contribution in [0, 0.1) is 17.0 Å². The predicted octanol–water partition coefficient (Wildman–Crippen LogP) is 2.90. The van der Waals surface area contributed by atoms with E-state index in [2.05, 4.69) is 10.2 Å². The van der Waals surface area contributed by atoms with Crippen molar-refractivity contribution in [3.8, 4) is 0 Å². The van der Waals surface area contributed by atoms with E-state index in [0.29, 0.717) is 11.3 Å². The fraction of sp³-hybridized carbons (Fsp3) is 0.353. The van der Waals surface area contributed by atoms with Gasteiger partial charge in [0, 0.05) is 37.0 Å². The van der Waals surface area contributed by atoms with Gasteiger partial charge in [-0.25, -0.2) is 0 Å². The number of amides is 1. The first-order valence-electron chi connectivity index (χ1n) is 7.89. The van der Waals surface area contributed by atoms with Crippen molar-refractivity contribution in [1.82, 2.24) is 5.32 Å². The van der Waals surface area contributed by atoms with Crippen LogP contribution in [0.3, 0.4) is 0 Å². The number of benzene rings is 1. The van der Waals surface area contributed by atoms with Crippen molar-refractivity contribution in [2.24, 2.45) is 0 Å². The summed E-state index contributed by atoms with van der Waals surface area (Å²) in [7, 11) is 0. The molecule has 1 amide bonds. The Balaban J connectivity index is 1.55. The van der Waals surface area contributed by atoms with Gasteiger partial charge in [0.05, 0.1) is 16.7 Å². The third-order valence-electron chi connectivity index (χ3n) is 4.36. The van der Waals surface area contributed by atoms with Crippen LogP contribution in [0.5, 0.6) is 0 Å². The van der Waals surface area contributed by atoms with Crippen LogP contribution in [-0.2, 0) is 0 Å². The number of carbonyl (C=O) groups is 1. The minimum Gasteiger partial charge on any atom is -0.469 e. The lowest BCUT2D eigenvalue weighted by atomic mass is 10.0. The number of non-ortho nitro benzene ring substituents is 1. The number of hydrogen-bond donors (Lipinski definition) is 1. The van der Waals surface area contributed by atoms with Crippen LogP contribution in [0.15, 0.2) is 41.0 Å².